The van der Waals surface area contributed by atoms with Crippen molar-refractivity contribution in [2.75, 3.05) is 5.43 Å². The van der Waals surface area contributed by atoms with Crippen molar-refractivity contribution in [3.05, 3.63) is 45.9 Å². The Kier molecular flexibility index (Phi) is 4.13. The van der Waals surface area contributed by atoms with Gasteiger partial charge in [0.2, 0.25) is 0 Å². The van der Waals surface area contributed by atoms with Crippen molar-refractivity contribution < 1.29 is 4.79 Å². The lowest BCUT2D eigenvalue weighted by Crippen LogP contribution is -2.27. The molecule has 0 bridgehead atoms. The van der Waals surface area contributed by atoms with Gasteiger partial charge >= 0.3 is 0 Å². The first-order valence-corrected chi connectivity index (χ1v) is 6.77. The Hall–Kier alpha value is -1.92. The topological polar surface area (TPSA) is 80.0 Å². The van der Waals surface area contributed by atoms with Crippen LogP contribution in [0, 0.1) is 6.92 Å². The molecule has 0 saturated heterocycles. The van der Waals surface area contributed by atoms with Crippen LogP contribution in [0.5, 0.6) is 0 Å². The summed E-state index contributed by atoms with van der Waals surface area (Å²) in [5.41, 5.74) is 4.34. The molecule has 0 aromatic carbocycles. The average molecular weight is 276 g/mol. The van der Waals surface area contributed by atoms with Gasteiger partial charge < -0.3 is 10.7 Å². The second-order valence-corrected chi connectivity index (χ2v) is 5.21. The number of nitrogens with one attached hydrogen (secondary N) is 2. The fraction of sp³-hybridized carbons (Fsp3) is 0.231. The van der Waals surface area contributed by atoms with E-state index in [2.05, 4.69) is 15.7 Å². The molecule has 1 atom stereocenters. The lowest BCUT2D eigenvalue weighted by molar-refractivity contribution is 0.0941. The van der Waals surface area contributed by atoms with Crippen LogP contribution in [0.1, 0.15) is 33.9 Å². The lowest BCUT2D eigenvalue weighted by atomic mass is 10.2. The highest BCUT2D eigenvalue weighted by Crippen LogP contribution is 2.20. The highest BCUT2D eigenvalue weighted by molar-refractivity contribution is 7.10. The Bertz CT molecular complexity index is 568. The Morgan fingerprint density at radius 1 is 1.53 bits per heavy atom. The summed E-state index contributed by atoms with van der Waals surface area (Å²) >= 11 is 1.61. The fourth-order valence-electron chi connectivity index (χ4n) is 1.74. The van der Waals surface area contributed by atoms with Gasteiger partial charge in [-0.2, -0.15) is 0 Å². The number of nitrogens with zero attached hydrogens (tertiary/aromatic N) is 1. The van der Waals surface area contributed by atoms with Crippen molar-refractivity contribution in [1.82, 2.24) is 10.3 Å². The number of hydrogen-bond acceptors (Lipinski definition) is 5. The molecule has 2 aromatic heterocycles. The smallest absolute Gasteiger partial charge is 0.255 e. The number of hydrogen-bond donors (Lipinski definition) is 3. The van der Waals surface area contributed by atoms with E-state index in [1.807, 2.05) is 31.4 Å². The third-order valence-electron chi connectivity index (χ3n) is 2.76. The predicted octanol–water partition coefficient (Wildman–Crippen LogP) is 2.23. The van der Waals surface area contributed by atoms with E-state index in [-0.39, 0.29) is 11.9 Å². The van der Waals surface area contributed by atoms with E-state index in [9.17, 15) is 4.79 Å². The third kappa shape index (κ3) is 3.10. The van der Waals surface area contributed by atoms with Crippen LogP contribution in [-0.2, 0) is 0 Å². The molecule has 100 valence electrons. The molecule has 0 radical (unpaired) electrons. The normalized spacial score (nSPS) is 11.9. The van der Waals surface area contributed by atoms with E-state index in [1.54, 1.807) is 17.4 Å². The van der Waals surface area contributed by atoms with E-state index >= 15 is 0 Å². The zero-order valence-electron chi connectivity index (χ0n) is 10.8. The molecule has 0 saturated carbocycles. The molecule has 0 fully saturated rings. The monoisotopic (exact) mass is 276 g/mol. The number of thiophene rings is 1. The molecule has 0 spiro atoms. The quantitative estimate of drug-likeness (QED) is 0.591. The second kappa shape index (κ2) is 5.81. The molecule has 6 heteroatoms. The Labute approximate surface area is 115 Å². The second-order valence-electron chi connectivity index (χ2n) is 4.23. The van der Waals surface area contributed by atoms with Crippen molar-refractivity contribution in [2.45, 2.75) is 19.9 Å². The van der Waals surface area contributed by atoms with Crippen LogP contribution in [0.2, 0.25) is 0 Å². The van der Waals surface area contributed by atoms with Gasteiger partial charge in [-0.25, -0.2) is 0 Å². The van der Waals surface area contributed by atoms with Crippen LogP contribution in [0.3, 0.4) is 0 Å². The molecule has 2 heterocycles. The molecule has 2 aromatic rings. The zero-order valence-corrected chi connectivity index (χ0v) is 11.6. The number of aryl methyl sites for hydroxylation is 1. The molecular formula is C13H16N4OS. The number of anilines is 1. The summed E-state index contributed by atoms with van der Waals surface area (Å²) in [4.78, 5) is 17.4. The minimum Gasteiger partial charge on any atom is -0.345 e. The molecule has 19 heavy (non-hydrogen) atoms. The first-order valence-electron chi connectivity index (χ1n) is 5.89. The van der Waals surface area contributed by atoms with E-state index in [4.69, 9.17) is 5.84 Å². The number of hydrazine groups is 1. The first kappa shape index (κ1) is 13.5. The maximum absolute atomic E-state index is 12.2. The zero-order chi connectivity index (χ0) is 13.8. The van der Waals surface area contributed by atoms with Crippen molar-refractivity contribution >= 4 is 22.9 Å². The van der Waals surface area contributed by atoms with Gasteiger partial charge in [0.25, 0.3) is 5.91 Å². The van der Waals surface area contributed by atoms with Gasteiger partial charge in [-0.05, 0) is 31.4 Å². The number of rotatable bonds is 4. The molecule has 1 unspecified atom stereocenters. The Balaban J connectivity index is 2.16. The summed E-state index contributed by atoms with van der Waals surface area (Å²) in [5.74, 6) is 5.23. The number of aromatic nitrogens is 1. The number of pyridine rings is 1. The maximum Gasteiger partial charge on any atom is 0.255 e. The van der Waals surface area contributed by atoms with Gasteiger partial charge in [0.1, 0.15) is 0 Å². The molecule has 1 amide bonds. The molecule has 4 N–H and O–H groups in total. The largest absolute Gasteiger partial charge is 0.345 e. The van der Waals surface area contributed by atoms with Crippen LogP contribution in [0.15, 0.2) is 29.8 Å². The minimum atomic E-state index is -0.193. The summed E-state index contributed by atoms with van der Waals surface area (Å²) in [6.07, 6.45) is 1.53. The van der Waals surface area contributed by atoms with E-state index in [0.29, 0.717) is 11.3 Å². The molecule has 0 aliphatic carbocycles. The molecular weight excluding hydrogens is 260 g/mol. The summed E-state index contributed by atoms with van der Waals surface area (Å²) in [6.45, 7) is 3.79. The number of amides is 1. The average Bonchev–Trinajstić information content (AvgIpc) is 2.92. The fourth-order valence-corrected chi connectivity index (χ4v) is 2.48. The van der Waals surface area contributed by atoms with Gasteiger partial charge in [-0.15, -0.1) is 11.3 Å². The van der Waals surface area contributed by atoms with Crippen LogP contribution in [0.25, 0.3) is 0 Å². The number of carbonyl (C=O) groups is 1. The highest BCUT2D eigenvalue weighted by Gasteiger charge is 2.15. The molecule has 0 aliphatic rings. The van der Waals surface area contributed by atoms with Crippen molar-refractivity contribution in [2.24, 2.45) is 5.84 Å². The predicted molar refractivity (Wildman–Crippen MR) is 77.0 cm³/mol. The van der Waals surface area contributed by atoms with Gasteiger partial charge in [0.05, 0.1) is 17.3 Å². The maximum atomic E-state index is 12.2. The summed E-state index contributed by atoms with van der Waals surface area (Å²) in [7, 11) is 0. The number of carbonyl (C=O) groups excluding carboxylic acids is 1. The third-order valence-corrected chi connectivity index (χ3v) is 3.81. The van der Waals surface area contributed by atoms with Gasteiger partial charge in [-0.3, -0.25) is 15.6 Å². The van der Waals surface area contributed by atoms with Crippen molar-refractivity contribution in [3.63, 3.8) is 0 Å². The Morgan fingerprint density at radius 3 is 2.95 bits per heavy atom. The van der Waals surface area contributed by atoms with Crippen LogP contribution >= 0.6 is 11.3 Å². The van der Waals surface area contributed by atoms with Gasteiger partial charge in [0.15, 0.2) is 0 Å². The number of nitrogens with two attached hydrogens (primary N) is 1. The lowest BCUT2D eigenvalue weighted by Gasteiger charge is -2.14. The standard InChI is InChI=1S/C13H16N4OS/c1-8-6-11(17-14)10(7-15-8)13(18)16-9(2)12-4-3-5-19-12/h3-7,9H,14H2,1-2H3,(H,15,17)(H,16,18). The van der Waals surface area contributed by atoms with Crippen LogP contribution in [-0.4, -0.2) is 10.9 Å². The van der Waals surface area contributed by atoms with E-state index in [0.717, 1.165) is 10.6 Å². The van der Waals surface area contributed by atoms with Gasteiger partial charge in [0, 0.05) is 16.8 Å². The van der Waals surface area contributed by atoms with Crippen molar-refractivity contribution in [1.29, 1.82) is 0 Å². The van der Waals surface area contributed by atoms with Crippen LogP contribution < -0.4 is 16.6 Å². The summed E-state index contributed by atoms with van der Waals surface area (Å²) in [6, 6.07) is 5.65. The van der Waals surface area contributed by atoms with Gasteiger partial charge in [-0.1, -0.05) is 6.07 Å². The Morgan fingerprint density at radius 2 is 2.32 bits per heavy atom. The minimum absolute atomic E-state index is 0.0422. The van der Waals surface area contributed by atoms with Crippen molar-refractivity contribution in [3.8, 4) is 0 Å². The SMILES string of the molecule is Cc1cc(NN)c(C(=O)NC(C)c2cccs2)cn1. The summed E-state index contributed by atoms with van der Waals surface area (Å²) in [5, 5.41) is 4.91. The molecule has 2 rings (SSSR count). The number of nitrogen functional groups attached to an aromatic ring is 1. The van der Waals surface area contributed by atoms with Crippen LogP contribution in [0.4, 0.5) is 5.69 Å². The van der Waals surface area contributed by atoms with E-state index < -0.39 is 0 Å². The summed E-state index contributed by atoms with van der Waals surface area (Å²) < 4.78 is 0. The highest BCUT2D eigenvalue weighted by atomic mass is 32.1. The van der Waals surface area contributed by atoms with E-state index in [1.165, 1.54) is 6.20 Å². The molecule has 0 aliphatic heterocycles. The molecule has 5 nitrogen and oxygen atoms in total. The first-order chi connectivity index (χ1) is 9.11.